The molecule has 0 aliphatic carbocycles. The first kappa shape index (κ1) is 14.2. The molecule has 4 rings (SSSR count). The molecule has 2 aliphatic rings. The van der Waals surface area contributed by atoms with E-state index in [-0.39, 0.29) is 17.0 Å². The van der Waals surface area contributed by atoms with Crippen LogP contribution in [0.3, 0.4) is 0 Å². The molecular weight excluding hydrogens is 336 g/mol. The molecule has 2 aliphatic heterocycles. The lowest BCUT2D eigenvalue weighted by Gasteiger charge is -2.36. The number of amides is 1. The zero-order chi connectivity index (χ0) is 16.1. The Morgan fingerprint density at radius 3 is 3.00 bits per heavy atom. The molecule has 0 spiro atoms. The predicted octanol–water partition coefficient (Wildman–Crippen LogP) is 1.77. The van der Waals surface area contributed by atoms with Gasteiger partial charge in [-0.05, 0) is 6.08 Å². The highest BCUT2D eigenvalue weighted by atomic mass is 32.2. The van der Waals surface area contributed by atoms with Crippen molar-refractivity contribution in [1.29, 1.82) is 0 Å². The van der Waals surface area contributed by atoms with E-state index in [1.54, 1.807) is 12.3 Å². The second kappa shape index (κ2) is 5.07. The van der Waals surface area contributed by atoms with Crippen molar-refractivity contribution in [1.82, 2.24) is 19.4 Å². The summed E-state index contributed by atoms with van der Waals surface area (Å²) in [5, 5.41) is 13.0. The fourth-order valence-corrected chi connectivity index (χ4v) is 4.30. The third-order valence-corrected chi connectivity index (χ3v) is 5.43. The Morgan fingerprint density at radius 2 is 2.30 bits per heavy atom. The van der Waals surface area contributed by atoms with Gasteiger partial charge >= 0.3 is 5.97 Å². The van der Waals surface area contributed by atoms with E-state index in [2.05, 4.69) is 9.97 Å². The SMILES string of the molecule is Cn1cc(/C=C2/C(=O)N3C(C(=O)O)=CSC23)nc1-c1nccs1. The van der Waals surface area contributed by atoms with Crippen LogP contribution in [0.1, 0.15) is 5.69 Å². The van der Waals surface area contributed by atoms with Gasteiger partial charge in [-0.15, -0.1) is 23.1 Å². The van der Waals surface area contributed by atoms with Crippen molar-refractivity contribution in [2.24, 2.45) is 7.05 Å². The third kappa shape index (κ3) is 2.12. The van der Waals surface area contributed by atoms with Gasteiger partial charge in [-0.2, -0.15) is 0 Å². The quantitative estimate of drug-likeness (QED) is 0.673. The minimum atomic E-state index is -1.09. The van der Waals surface area contributed by atoms with Gasteiger partial charge in [-0.3, -0.25) is 9.69 Å². The third-order valence-electron chi connectivity index (χ3n) is 3.58. The van der Waals surface area contributed by atoms with E-state index in [0.717, 1.165) is 10.8 Å². The van der Waals surface area contributed by atoms with Crippen LogP contribution in [-0.4, -0.2) is 41.8 Å². The van der Waals surface area contributed by atoms with Crippen LogP contribution < -0.4 is 0 Å². The van der Waals surface area contributed by atoms with Gasteiger partial charge in [0.15, 0.2) is 10.8 Å². The summed E-state index contributed by atoms with van der Waals surface area (Å²) in [5.41, 5.74) is 1.25. The highest BCUT2D eigenvalue weighted by molar-refractivity contribution is 8.03. The van der Waals surface area contributed by atoms with E-state index in [0.29, 0.717) is 11.3 Å². The summed E-state index contributed by atoms with van der Waals surface area (Å²) in [5.74, 6) is -0.634. The molecular formula is C14H10N4O3S2. The maximum atomic E-state index is 12.2. The lowest BCUT2D eigenvalue weighted by molar-refractivity contribution is -0.141. The lowest BCUT2D eigenvalue weighted by atomic mass is 10.0. The molecule has 0 aromatic carbocycles. The monoisotopic (exact) mass is 346 g/mol. The summed E-state index contributed by atoms with van der Waals surface area (Å²) in [6, 6.07) is 0. The zero-order valence-corrected chi connectivity index (χ0v) is 13.5. The Kier molecular flexibility index (Phi) is 3.13. The number of carboxylic acid groups (broad SMARTS) is 1. The second-order valence-corrected chi connectivity index (χ2v) is 6.86. The van der Waals surface area contributed by atoms with Gasteiger partial charge < -0.3 is 9.67 Å². The van der Waals surface area contributed by atoms with Gasteiger partial charge in [0.1, 0.15) is 11.1 Å². The van der Waals surface area contributed by atoms with E-state index in [9.17, 15) is 9.59 Å². The summed E-state index contributed by atoms with van der Waals surface area (Å²) < 4.78 is 1.86. The highest BCUT2D eigenvalue weighted by Crippen LogP contribution is 2.45. The van der Waals surface area contributed by atoms with Crippen LogP contribution in [-0.2, 0) is 16.6 Å². The summed E-state index contributed by atoms with van der Waals surface area (Å²) in [6.45, 7) is 0. The molecule has 1 amide bonds. The summed E-state index contributed by atoms with van der Waals surface area (Å²) in [4.78, 5) is 33.3. The van der Waals surface area contributed by atoms with Crippen LogP contribution in [0.4, 0.5) is 0 Å². The maximum absolute atomic E-state index is 12.2. The van der Waals surface area contributed by atoms with Gasteiger partial charge in [-0.25, -0.2) is 14.8 Å². The molecule has 7 nitrogen and oxygen atoms in total. The number of carboxylic acids is 1. The molecule has 9 heteroatoms. The van der Waals surface area contributed by atoms with Crippen molar-refractivity contribution in [2.45, 2.75) is 5.37 Å². The average molecular weight is 346 g/mol. The van der Waals surface area contributed by atoms with Gasteiger partial charge in [0.2, 0.25) is 0 Å². The van der Waals surface area contributed by atoms with Crippen molar-refractivity contribution >= 4 is 41.1 Å². The molecule has 116 valence electrons. The van der Waals surface area contributed by atoms with Crippen LogP contribution in [0.25, 0.3) is 16.9 Å². The van der Waals surface area contributed by atoms with E-state index < -0.39 is 5.97 Å². The number of thioether (sulfide) groups is 1. The van der Waals surface area contributed by atoms with Gasteiger partial charge in [0.05, 0.1) is 11.3 Å². The van der Waals surface area contributed by atoms with Crippen LogP contribution in [0.5, 0.6) is 0 Å². The summed E-state index contributed by atoms with van der Waals surface area (Å²) in [6.07, 6.45) is 5.26. The molecule has 1 unspecified atom stereocenters. The first-order valence-corrected chi connectivity index (χ1v) is 8.46. The number of β-lactam (4-membered cyclic amide) rings is 1. The predicted molar refractivity (Wildman–Crippen MR) is 86.2 cm³/mol. The average Bonchev–Trinajstić information content (AvgIpc) is 3.22. The smallest absolute Gasteiger partial charge is 0.353 e. The minimum Gasteiger partial charge on any atom is -0.477 e. The van der Waals surface area contributed by atoms with Crippen LogP contribution in [0, 0.1) is 0 Å². The lowest BCUT2D eigenvalue weighted by Crippen LogP contribution is -2.51. The number of rotatable bonds is 3. The van der Waals surface area contributed by atoms with Crippen molar-refractivity contribution in [2.75, 3.05) is 0 Å². The molecule has 0 bridgehead atoms. The van der Waals surface area contributed by atoms with Crippen LogP contribution in [0.2, 0.25) is 0 Å². The molecule has 0 radical (unpaired) electrons. The van der Waals surface area contributed by atoms with Crippen molar-refractivity contribution in [3.05, 3.63) is 40.1 Å². The number of thiazole rings is 1. The first-order valence-electron chi connectivity index (χ1n) is 6.63. The molecule has 4 heterocycles. The molecule has 2 aromatic rings. The largest absolute Gasteiger partial charge is 0.477 e. The normalized spacial score (nSPS) is 21.3. The molecule has 23 heavy (non-hydrogen) atoms. The van der Waals surface area contributed by atoms with Gasteiger partial charge in [0, 0.05) is 30.2 Å². The Labute approximate surface area is 139 Å². The number of aryl methyl sites for hydroxylation is 1. The Hall–Kier alpha value is -2.39. The molecule has 0 saturated carbocycles. The Bertz CT molecular complexity index is 882. The number of hydrogen-bond donors (Lipinski definition) is 1. The molecule has 1 N–H and O–H groups in total. The number of carbonyl (C=O) groups is 2. The zero-order valence-electron chi connectivity index (χ0n) is 11.8. The Morgan fingerprint density at radius 1 is 1.48 bits per heavy atom. The van der Waals surface area contributed by atoms with Crippen molar-refractivity contribution in [3.63, 3.8) is 0 Å². The molecule has 2 aromatic heterocycles. The number of imidazole rings is 1. The van der Waals surface area contributed by atoms with E-state index in [4.69, 9.17) is 5.11 Å². The second-order valence-electron chi connectivity index (χ2n) is 5.01. The van der Waals surface area contributed by atoms with Gasteiger partial charge in [-0.1, -0.05) is 0 Å². The van der Waals surface area contributed by atoms with Crippen molar-refractivity contribution < 1.29 is 14.7 Å². The van der Waals surface area contributed by atoms with Crippen LogP contribution in [0.15, 0.2) is 34.5 Å². The number of fused-ring (bicyclic) bond motifs is 1. The number of nitrogens with zero attached hydrogens (tertiary/aromatic N) is 4. The molecule has 1 saturated heterocycles. The fourth-order valence-electron chi connectivity index (χ4n) is 2.52. The van der Waals surface area contributed by atoms with E-state index >= 15 is 0 Å². The first-order chi connectivity index (χ1) is 11.1. The number of aromatic nitrogens is 3. The topological polar surface area (TPSA) is 88.3 Å². The maximum Gasteiger partial charge on any atom is 0.353 e. The highest BCUT2D eigenvalue weighted by Gasteiger charge is 2.49. The van der Waals surface area contributed by atoms with Gasteiger partial charge in [0.25, 0.3) is 5.91 Å². The fraction of sp³-hybridized carbons (Fsp3) is 0.143. The minimum absolute atomic E-state index is 0.0339. The number of hydrogen-bond acceptors (Lipinski definition) is 6. The number of carbonyl (C=O) groups excluding carboxylic acids is 1. The Balaban J connectivity index is 1.63. The number of aliphatic carboxylic acids is 1. The van der Waals surface area contributed by atoms with E-state index in [1.165, 1.54) is 33.4 Å². The summed E-state index contributed by atoms with van der Waals surface area (Å²) >= 11 is 2.81. The molecule has 1 atom stereocenters. The molecule has 1 fully saturated rings. The van der Waals surface area contributed by atoms with E-state index in [1.807, 2.05) is 23.2 Å². The summed E-state index contributed by atoms with van der Waals surface area (Å²) in [7, 11) is 1.87. The van der Waals surface area contributed by atoms with Crippen LogP contribution >= 0.6 is 23.1 Å². The standard InChI is InChI=1S/C14H10N4O3S2/c1-17-5-7(16-10(17)11-15-2-3-22-11)4-8-12(19)18-9(14(20)21)6-23-13(8)18/h2-6,13H,1H3,(H,20,21)/b8-4-. The van der Waals surface area contributed by atoms with Crippen molar-refractivity contribution in [3.8, 4) is 10.8 Å².